The highest BCUT2D eigenvalue weighted by atomic mass is 16.5. The van der Waals surface area contributed by atoms with E-state index in [0.717, 1.165) is 36.5 Å². The maximum atomic E-state index is 10.2. The molecule has 6 heteroatoms. The normalized spacial score (nSPS) is 22.8. The quantitative estimate of drug-likeness (QED) is 0.886. The first kappa shape index (κ1) is 14.2. The highest BCUT2D eigenvalue weighted by Crippen LogP contribution is 2.22. The van der Waals surface area contributed by atoms with E-state index in [1.165, 1.54) is 0 Å². The highest BCUT2D eigenvalue weighted by Gasteiger charge is 2.32. The van der Waals surface area contributed by atoms with Crippen LogP contribution in [-0.2, 0) is 19.4 Å². The molecule has 0 radical (unpaired) electrons. The average Bonchev–Trinajstić information content (AvgIpc) is 3.08. The summed E-state index contributed by atoms with van der Waals surface area (Å²) in [5, 5.41) is 14.2. The summed E-state index contributed by atoms with van der Waals surface area (Å²) in [7, 11) is 0. The van der Waals surface area contributed by atoms with Crippen molar-refractivity contribution in [2.24, 2.45) is 5.92 Å². The fraction of sp³-hybridized carbons (Fsp3) is 0.533. The Balaban J connectivity index is 1.58. The number of aliphatic hydroxyl groups is 1. The molecule has 0 unspecified atom stereocenters. The zero-order valence-electron chi connectivity index (χ0n) is 12.1. The lowest BCUT2D eigenvalue weighted by molar-refractivity contribution is 0.139. The van der Waals surface area contributed by atoms with Gasteiger partial charge in [0, 0.05) is 43.7 Å². The van der Waals surface area contributed by atoms with Crippen LogP contribution in [0.5, 0.6) is 0 Å². The Morgan fingerprint density at radius 1 is 1.33 bits per heavy atom. The fourth-order valence-electron chi connectivity index (χ4n) is 2.79. The van der Waals surface area contributed by atoms with Gasteiger partial charge in [-0.1, -0.05) is 12.1 Å². The van der Waals surface area contributed by atoms with Crippen LogP contribution in [0.15, 0.2) is 29.2 Å². The molecule has 1 saturated heterocycles. The van der Waals surface area contributed by atoms with Crippen LogP contribution in [0.25, 0.3) is 0 Å². The Morgan fingerprint density at radius 3 is 2.95 bits per heavy atom. The molecule has 1 N–H and O–H groups in total. The van der Waals surface area contributed by atoms with Crippen molar-refractivity contribution >= 4 is 0 Å². The van der Waals surface area contributed by atoms with E-state index >= 15 is 0 Å². The van der Waals surface area contributed by atoms with E-state index in [0.29, 0.717) is 13.1 Å². The highest BCUT2D eigenvalue weighted by molar-refractivity contribution is 5.06. The van der Waals surface area contributed by atoms with Crippen molar-refractivity contribution in [3.63, 3.8) is 0 Å². The molecule has 3 rings (SSSR count). The van der Waals surface area contributed by atoms with Gasteiger partial charge in [0.1, 0.15) is 0 Å². The summed E-state index contributed by atoms with van der Waals surface area (Å²) in [4.78, 5) is 10.5. The van der Waals surface area contributed by atoms with Gasteiger partial charge in [0.25, 0.3) is 0 Å². The van der Waals surface area contributed by atoms with Crippen LogP contribution in [0.1, 0.15) is 24.1 Å². The summed E-state index contributed by atoms with van der Waals surface area (Å²) in [5.41, 5.74) is 1.90. The SMILES string of the molecule is CCc1cc(CN2C[C@@H](Cc3cnccn3)[C@H](O)C2)on1. The van der Waals surface area contributed by atoms with E-state index in [4.69, 9.17) is 4.52 Å². The number of nitrogens with zero attached hydrogens (tertiary/aromatic N) is 4. The van der Waals surface area contributed by atoms with Gasteiger partial charge in [-0.25, -0.2) is 0 Å². The van der Waals surface area contributed by atoms with Gasteiger partial charge in [-0.05, 0) is 12.8 Å². The summed E-state index contributed by atoms with van der Waals surface area (Å²) in [6, 6.07) is 1.99. The van der Waals surface area contributed by atoms with E-state index in [1.54, 1.807) is 18.6 Å². The van der Waals surface area contributed by atoms with Gasteiger partial charge in [-0.2, -0.15) is 0 Å². The molecule has 112 valence electrons. The predicted octanol–water partition coefficient (Wildman–Crippen LogP) is 1.06. The molecule has 6 nitrogen and oxygen atoms in total. The topological polar surface area (TPSA) is 75.3 Å². The molecule has 1 aliphatic heterocycles. The van der Waals surface area contributed by atoms with Crippen molar-refractivity contribution in [1.82, 2.24) is 20.0 Å². The van der Waals surface area contributed by atoms with E-state index < -0.39 is 0 Å². The van der Waals surface area contributed by atoms with Crippen molar-refractivity contribution in [3.05, 3.63) is 41.8 Å². The van der Waals surface area contributed by atoms with Crippen LogP contribution in [-0.4, -0.2) is 44.3 Å². The van der Waals surface area contributed by atoms with Gasteiger partial charge in [-0.3, -0.25) is 14.9 Å². The molecule has 0 amide bonds. The molecule has 1 aliphatic rings. The van der Waals surface area contributed by atoms with Crippen LogP contribution in [0.2, 0.25) is 0 Å². The van der Waals surface area contributed by atoms with Crippen molar-refractivity contribution in [2.45, 2.75) is 32.4 Å². The number of aromatic nitrogens is 3. The van der Waals surface area contributed by atoms with Gasteiger partial charge in [0.05, 0.1) is 24.0 Å². The minimum atomic E-state index is -0.333. The Kier molecular flexibility index (Phi) is 4.26. The van der Waals surface area contributed by atoms with Crippen LogP contribution in [0.3, 0.4) is 0 Å². The van der Waals surface area contributed by atoms with Gasteiger partial charge in [-0.15, -0.1) is 0 Å². The van der Waals surface area contributed by atoms with Gasteiger partial charge < -0.3 is 9.63 Å². The van der Waals surface area contributed by atoms with Crippen molar-refractivity contribution in [3.8, 4) is 0 Å². The third-order valence-electron chi connectivity index (χ3n) is 3.92. The summed E-state index contributed by atoms with van der Waals surface area (Å²) in [5.74, 6) is 1.05. The monoisotopic (exact) mass is 288 g/mol. The first-order chi connectivity index (χ1) is 10.2. The van der Waals surface area contributed by atoms with E-state index in [1.807, 2.05) is 6.07 Å². The standard InChI is InChI=1S/C15H20N4O2/c1-2-12-6-14(21-18-12)9-19-8-11(15(20)10-19)5-13-7-16-3-4-17-13/h3-4,6-7,11,15,20H,2,5,8-10H2,1H3/t11-,15-/m1/s1. The van der Waals surface area contributed by atoms with E-state index in [-0.39, 0.29) is 12.0 Å². The molecule has 21 heavy (non-hydrogen) atoms. The number of hydrogen-bond acceptors (Lipinski definition) is 6. The fourth-order valence-corrected chi connectivity index (χ4v) is 2.79. The molecule has 0 saturated carbocycles. The molecule has 0 aliphatic carbocycles. The smallest absolute Gasteiger partial charge is 0.150 e. The maximum absolute atomic E-state index is 10.2. The minimum Gasteiger partial charge on any atom is -0.391 e. The lowest BCUT2D eigenvalue weighted by Gasteiger charge is -2.13. The van der Waals surface area contributed by atoms with Crippen molar-refractivity contribution in [1.29, 1.82) is 0 Å². The Labute approximate surface area is 123 Å². The molecule has 1 fully saturated rings. The first-order valence-corrected chi connectivity index (χ1v) is 7.34. The average molecular weight is 288 g/mol. The molecule has 2 aromatic heterocycles. The number of β-amino-alcohol motifs (C(OH)–C–C–N with tert-alkyl or cyclic N) is 1. The second-order valence-electron chi connectivity index (χ2n) is 5.56. The second-order valence-corrected chi connectivity index (χ2v) is 5.56. The van der Waals surface area contributed by atoms with Crippen LogP contribution < -0.4 is 0 Å². The third kappa shape index (κ3) is 3.46. The largest absolute Gasteiger partial charge is 0.391 e. The lowest BCUT2D eigenvalue weighted by atomic mass is 10.0. The molecule has 3 heterocycles. The number of rotatable bonds is 5. The number of hydrogen-bond donors (Lipinski definition) is 1. The third-order valence-corrected chi connectivity index (χ3v) is 3.92. The first-order valence-electron chi connectivity index (χ1n) is 7.34. The summed E-state index contributed by atoms with van der Waals surface area (Å²) in [6.45, 7) is 4.24. The minimum absolute atomic E-state index is 0.190. The van der Waals surface area contributed by atoms with Crippen LogP contribution in [0.4, 0.5) is 0 Å². The second kappa shape index (κ2) is 6.32. The predicted molar refractivity (Wildman–Crippen MR) is 76.4 cm³/mol. The van der Waals surface area contributed by atoms with Gasteiger partial charge >= 0.3 is 0 Å². The maximum Gasteiger partial charge on any atom is 0.150 e. The molecular formula is C15H20N4O2. The molecule has 0 spiro atoms. The summed E-state index contributed by atoms with van der Waals surface area (Å²) >= 11 is 0. The number of aliphatic hydroxyl groups excluding tert-OH is 1. The van der Waals surface area contributed by atoms with E-state index in [9.17, 15) is 5.11 Å². The van der Waals surface area contributed by atoms with E-state index in [2.05, 4.69) is 26.9 Å². The molecule has 2 atom stereocenters. The zero-order chi connectivity index (χ0) is 14.7. The Bertz CT molecular complexity index is 572. The molecular weight excluding hydrogens is 268 g/mol. The molecule has 0 bridgehead atoms. The van der Waals surface area contributed by atoms with Crippen molar-refractivity contribution < 1.29 is 9.63 Å². The molecule has 0 aromatic carbocycles. The van der Waals surface area contributed by atoms with Crippen LogP contribution in [0, 0.1) is 5.92 Å². The molecule has 2 aromatic rings. The van der Waals surface area contributed by atoms with Crippen LogP contribution >= 0.6 is 0 Å². The summed E-state index contributed by atoms with van der Waals surface area (Å²) < 4.78 is 5.31. The number of aryl methyl sites for hydroxylation is 1. The van der Waals surface area contributed by atoms with Gasteiger partial charge in [0.2, 0.25) is 0 Å². The van der Waals surface area contributed by atoms with Crippen molar-refractivity contribution in [2.75, 3.05) is 13.1 Å². The number of likely N-dealkylation sites (tertiary alicyclic amines) is 1. The Hall–Kier alpha value is -1.79. The summed E-state index contributed by atoms with van der Waals surface area (Å²) in [6.07, 6.45) is 6.41. The zero-order valence-corrected chi connectivity index (χ0v) is 12.1. The lowest BCUT2D eigenvalue weighted by Crippen LogP contribution is -2.21. The van der Waals surface area contributed by atoms with Gasteiger partial charge in [0.15, 0.2) is 5.76 Å². The Morgan fingerprint density at radius 2 is 2.24 bits per heavy atom.